The Kier molecular flexibility index (Phi) is 4.68. The van der Waals surface area contributed by atoms with Gasteiger partial charge in [-0.2, -0.15) is 0 Å². The van der Waals surface area contributed by atoms with Crippen molar-refractivity contribution in [3.8, 4) is 28.4 Å². The summed E-state index contributed by atoms with van der Waals surface area (Å²) in [5.41, 5.74) is 2.49. The molecule has 0 aliphatic heterocycles. The van der Waals surface area contributed by atoms with Gasteiger partial charge in [-0.05, 0) is 52.2 Å². The molecule has 4 nitrogen and oxygen atoms in total. The Morgan fingerprint density at radius 3 is 2.32 bits per heavy atom. The Labute approximate surface area is 162 Å². The molecule has 0 fully saturated rings. The van der Waals surface area contributed by atoms with Crippen LogP contribution in [0, 0.1) is 0 Å². The van der Waals surface area contributed by atoms with Crippen LogP contribution in [0.25, 0.3) is 21.9 Å². The van der Waals surface area contributed by atoms with Crippen molar-refractivity contribution in [1.82, 2.24) is 0 Å². The first-order chi connectivity index (χ1) is 13.6. The van der Waals surface area contributed by atoms with Crippen LogP contribution in [0.4, 0.5) is 0 Å². The van der Waals surface area contributed by atoms with Crippen LogP contribution in [0.5, 0.6) is 17.2 Å². The van der Waals surface area contributed by atoms with E-state index in [1.165, 1.54) is 29.0 Å². The second-order valence-electron chi connectivity index (χ2n) is 6.47. The molecule has 0 bridgehead atoms. The van der Waals surface area contributed by atoms with Crippen molar-refractivity contribution in [3.63, 3.8) is 0 Å². The molecule has 0 aromatic heterocycles. The van der Waals surface area contributed by atoms with Gasteiger partial charge in [0, 0.05) is 5.56 Å². The number of carbonyl (C=O) groups is 1. The zero-order valence-electron chi connectivity index (χ0n) is 15.0. The SMILES string of the molecule is O=C(COc1ccc(-c2cccc3ccccc23)cc1)c1ccc(O)c(O)c1. The van der Waals surface area contributed by atoms with Gasteiger partial charge in [0.2, 0.25) is 0 Å². The lowest BCUT2D eigenvalue weighted by Gasteiger charge is -2.09. The Morgan fingerprint density at radius 2 is 1.54 bits per heavy atom. The zero-order chi connectivity index (χ0) is 19.5. The molecule has 0 radical (unpaired) electrons. The summed E-state index contributed by atoms with van der Waals surface area (Å²) in [6.07, 6.45) is 0. The summed E-state index contributed by atoms with van der Waals surface area (Å²) in [6.45, 7) is -0.155. The van der Waals surface area contributed by atoms with Crippen LogP contribution in [-0.4, -0.2) is 22.6 Å². The minimum Gasteiger partial charge on any atom is -0.504 e. The number of ketones is 1. The predicted molar refractivity (Wildman–Crippen MR) is 109 cm³/mol. The lowest BCUT2D eigenvalue weighted by Crippen LogP contribution is -2.11. The van der Waals surface area contributed by atoms with Gasteiger partial charge in [-0.15, -0.1) is 0 Å². The summed E-state index contributed by atoms with van der Waals surface area (Å²) in [5.74, 6) is -0.291. The Hall–Kier alpha value is -3.79. The predicted octanol–water partition coefficient (Wildman–Crippen LogP) is 5.18. The molecule has 0 amide bonds. The van der Waals surface area contributed by atoms with Gasteiger partial charge in [-0.1, -0.05) is 54.6 Å². The number of phenolic OH excluding ortho intramolecular Hbond substituents is 2. The minimum atomic E-state index is -0.328. The first kappa shape index (κ1) is 17.6. The molecule has 0 aliphatic rings. The minimum absolute atomic E-state index is 0.155. The molecule has 0 unspecified atom stereocenters. The standard InChI is InChI=1S/C24H18O4/c25-22-13-10-18(14-23(22)26)24(27)15-28-19-11-8-17(9-12-19)21-7-3-5-16-4-1-2-6-20(16)21/h1-14,25-26H,15H2. The van der Waals surface area contributed by atoms with Crippen molar-refractivity contribution >= 4 is 16.6 Å². The molecule has 0 saturated heterocycles. The normalized spacial score (nSPS) is 10.7. The van der Waals surface area contributed by atoms with Crippen LogP contribution in [0.1, 0.15) is 10.4 Å². The Bertz CT molecular complexity index is 1140. The highest BCUT2D eigenvalue weighted by Gasteiger charge is 2.10. The largest absolute Gasteiger partial charge is 0.504 e. The van der Waals surface area contributed by atoms with E-state index in [1.54, 1.807) is 0 Å². The van der Waals surface area contributed by atoms with E-state index in [1.807, 2.05) is 42.5 Å². The molecule has 138 valence electrons. The smallest absolute Gasteiger partial charge is 0.200 e. The number of hydrogen-bond donors (Lipinski definition) is 2. The fourth-order valence-electron chi connectivity index (χ4n) is 3.14. The van der Waals surface area contributed by atoms with E-state index in [-0.39, 0.29) is 29.5 Å². The van der Waals surface area contributed by atoms with Crippen molar-refractivity contribution in [1.29, 1.82) is 0 Å². The number of Topliss-reactive ketones (excluding diaryl/α,β-unsaturated/α-hetero) is 1. The molecule has 0 aliphatic carbocycles. The lowest BCUT2D eigenvalue weighted by atomic mass is 9.98. The summed E-state index contributed by atoms with van der Waals surface area (Å²) in [7, 11) is 0. The molecule has 0 spiro atoms. The van der Waals surface area contributed by atoms with E-state index in [2.05, 4.69) is 24.3 Å². The van der Waals surface area contributed by atoms with Crippen molar-refractivity contribution < 1.29 is 19.7 Å². The molecule has 4 aromatic carbocycles. The summed E-state index contributed by atoms with van der Waals surface area (Å²) >= 11 is 0. The molecule has 0 atom stereocenters. The van der Waals surface area contributed by atoms with Gasteiger partial charge < -0.3 is 14.9 Å². The Balaban J connectivity index is 1.49. The van der Waals surface area contributed by atoms with E-state index >= 15 is 0 Å². The number of phenols is 2. The molecule has 4 heteroatoms. The molecular weight excluding hydrogens is 352 g/mol. The van der Waals surface area contributed by atoms with Crippen LogP contribution in [-0.2, 0) is 0 Å². The zero-order valence-corrected chi connectivity index (χ0v) is 15.0. The highest BCUT2D eigenvalue weighted by Crippen LogP contribution is 2.30. The van der Waals surface area contributed by atoms with Crippen LogP contribution in [0.2, 0.25) is 0 Å². The summed E-state index contributed by atoms with van der Waals surface area (Å²) in [4.78, 5) is 12.2. The molecule has 4 rings (SSSR count). The average molecular weight is 370 g/mol. The molecule has 28 heavy (non-hydrogen) atoms. The first-order valence-electron chi connectivity index (χ1n) is 8.88. The van der Waals surface area contributed by atoms with Gasteiger partial charge in [0.1, 0.15) is 5.75 Å². The number of fused-ring (bicyclic) bond motifs is 1. The van der Waals surface area contributed by atoms with E-state index < -0.39 is 0 Å². The third-order valence-electron chi connectivity index (χ3n) is 4.62. The number of carbonyl (C=O) groups excluding carboxylic acids is 1. The second kappa shape index (κ2) is 7.45. The summed E-state index contributed by atoms with van der Waals surface area (Å²) in [6, 6.07) is 26.0. The van der Waals surface area contributed by atoms with Crippen LogP contribution >= 0.6 is 0 Å². The van der Waals surface area contributed by atoms with Gasteiger partial charge in [0.15, 0.2) is 23.9 Å². The second-order valence-corrected chi connectivity index (χ2v) is 6.47. The van der Waals surface area contributed by atoms with Crippen molar-refractivity contribution in [2.75, 3.05) is 6.61 Å². The number of rotatable bonds is 5. The van der Waals surface area contributed by atoms with E-state index in [9.17, 15) is 15.0 Å². The lowest BCUT2D eigenvalue weighted by molar-refractivity contribution is 0.0921. The third kappa shape index (κ3) is 3.53. The fraction of sp³-hybridized carbons (Fsp3) is 0.0417. The summed E-state index contributed by atoms with van der Waals surface area (Å²) < 4.78 is 5.58. The van der Waals surface area contributed by atoms with E-state index in [4.69, 9.17) is 4.74 Å². The topological polar surface area (TPSA) is 66.8 Å². The van der Waals surface area contributed by atoms with Gasteiger partial charge in [0.25, 0.3) is 0 Å². The van der Waals surface area contributed by atoms with Crippen LogP contribution < -0.4 is 4.74 Å². The van der Waals surface area contributed by atoms with Crippen molar-refractivity contribution in [3.05, 3.63) is 90.5 Å². The number of hydrogen-bond acceptors (Lipinski definition) is 4. The van der Waals surface area contributed by atoms with E-state index in [0.717, 1.165) is 11.1 Å². The molecular formula is C24H18O4. The van der Waals surface area contributed by atoms with Crippen molar-refractivity contribution in [2.45, 2.75) is 0 Å². The maximum absolute atomic E-state index is 12.2. The molecule has 0 heterocycles. The fourth-order valence-corrected chi connectivity index (χ4v) is 3.14. The Morgan fingerprint density at radius 1 is 0.786 bits per heavy atom. The molecule has 0 saturated carbocycles. The molecule has 4 aromatic rings. The third-order valence-corrected chi connectivity index (χ3v) is 4.62. The highest BCUT2D eigenvalue weighted by atomic mass is 16.5. The van der Waals surface area contributed by atoms with E-state index in [0.29, 0.717) is 5.75 Å². The van der Waals surface area contributed by atoms with Crippen molar-refractivity contribution in [2.24, 2.45) is 0 Å². The van der Waals surface area contributed by atoms with Crippen LogP contribution in [0.3, 0.4) is 0 Å². The van der Waals surface area contributed by atoms with Gasteiger partial charge in [-0.3, -0.25) is 4.79 Å². The first-order valence-corrected chi connectivity index (χ1v) is 8.88. The monoisotopic (exact) mass is 370 g/mol. The van der Waals surface area contributed by atoms with Gasteiger partial charge in [-0.25, -0.2) is 0 Å². The summed E-state index contributed by atoms with van der Waals surface area (Å²) in [5, 5.41) is 21.2. The quantitative estimate of drug-likeness (QED) is 0.375. The van der Waals surface area contributed by atoms with Crippen LogP contribution in [0.15, 0.2) is 84.9 Å². The molecule has 2 N–H and O–H groups in total. The number of aromatic hydroxyl groups is 2. The highest BCUT2D eigenvalue weighted by molar-refractivity contribution is 5.98. The number of benzene rings is 4. The maximum Gasteiger partial charge on any atom is 0.200 e. The maximum atomic E-state index is 12.2. The van der Waals surface area contributed by atoms with Gasteiger partial charge >= 0.3 is 0 Å². The average Bonchev–Trinajstić information content (AvgIpc) is 2.74. The number of ether oxygens (including phenoxy) is 1. The van der Waals surface area contributed by atoms with Gasteiger partial charge in [0.05, 0.1) is 0 Å².